The number of pyridine rings is 1. The Kier molecular flexibility index (Phi) is 3.25. The van der Waals surface area contributed by atoms with Gasteiger partial charge in [0.15, 0.2) is 11.6 Å². The van der Waals surface area contributed by atoms with Crippen molar-refractivity contribution in [1.82, 2.24) is 4.98 Å². The lowest BCUT2D eigenvalue weighted by molar-refractivity contribution is 0.0696. The van der Waals surface area contributed by atoms with Gasteiger partial charge < -0.3 is 5.11 Å². The van der Waals surface area contributed by atoms with Gasteiger partial charge in [0.1, 0.15) is 5.15 Å². The molecule has 1 N–H and O–H groups in total. The van der Waals surface area contributed by atoms with Crippen molar-refractivity contribution in [3.05, 3.63) is 52.7 Å². The summed E-state index contributed by atoms with van der Waals surface area (Å²) in [6.07, 6.45) is 0. The Labute approximate surface area is 106 Å². The Morgan fingerprint density at radius 2 is 1.94 bits per heavy atom. The quantitative estimate of drug-likeness (QED) is 0.850. The van der Waals surface area contributed by atoms with Gasteiger partial charge in [-0.25, -0.2) is 18.6 Å². The number of halogens is 3. The van der Waals surface area contributed by atoms with Gasteiger partial charge in [0.25, 0.3) is 0 Å². The molecule has 0 aliphatic rings. The van der Waals surface area contributed by atoms with Gasteiger partial charge in [-0.05, 0) is 24.3 Å². The lowest BCUT2D eigenvalue weighted by atomic mass is 10.1. The molecule has 18 heavy (non-hydrogen) atoms. The average Bonchev–Trinajstić information content (AvgIpc) is 2.32. The standard InChI is InChI=1S/C12H6ClF2NO2/c13-11-7(12(17)18)4-5-9(16-11)6-2-1-3-8(14)10(6)15/h1-5H,(H,17,18). The number of aromatic carboxylic acids is 1. The second kappa shape index (κ2) is 4.70. The zero-order valence-electron chi connectivity index (χ0n) is 8.82. The summed E-state index contributed by atoms with van der Waals surface area (Å²) in [4.78, 5) is 14.5. The number of carboxylic acids is 1. The minimum absolute atomic E-state index is 0.0713. The molecule has 0 radical (unpaired) electrons. The predicted octanol–water partition coefficient (Wildman–Crippen LogP) is 3.38. The van der Waals surface area contributed by atoms with Crippen molar-refractivity contribution < 1.29 is 18.7 Å². The molecular formula is C12H6ClF2NO2. The Hall–Kier alpha value is -2.01. The van der Waals surface area contributed by atoms with E-state index in [1.54, 1.807) is 0 Å². The van der Waals surface area contributed by atoms with Crippen molar-refractivity contribution in [2.24, 2.45) is 0 Å². The number of hydrogen-bond donors (Lipinski definition) is 1. The molecular weight excluding hydrogens is 264 g/mol. The van der Waals surface area contributed by atoms with Crippen LogP contribution < -0.4 is 0 Å². The number of benzene rings is 1. The van der Waals surface area contributed by atoms with E-state index >= 15 is 0 Å². The molecule has 0 aliphatic heterocycles. The minimum atomic E-state index is -1.24. The smallest absolute Gasteiger partial charge is 0.338 e. The van der Waals surface area contributed by atoms with Crippen LogP contribution in [-0.2, 0) is 0 Å². The molecule has 2 aromatic rings. The Balaban J connectivity index is 2.56. The Morgan fingerprint density at radius 3 is 2.56 bits per heavy atom. The molecule has 1 aromatic carbocycles. The predicted molar refractivity (Wildman–Crippen MR) is 61.6 cm³/mol. The number of hydrogen-bond acceptors (Lipinski definition) is 2. The molecule has 1 aromatic heterocycles. The molecule has 0 amide bonds. The monoisotopic (exact) mass is 269 g/mol. The summed E-state index contributed by atoms with van der Waals surface area (Å²) < 4.78 is 26.5. The molecule has 92 valence electrons. The molecule has 2 rings (SSSR count). The Bertz CT molecular complexity index is 631. The highest BCUT2D eigenvalue weighted by Crippen LogP contribution is 2.25. The molecule has 0 bridgehead atoms. The molecule has 0 fully saturated rings. The van der Waals surface area contributed by atoms with Gasteiger partial charge in [-0.2, -0.15) is 0 Å². The number of carbonyl (C=O) groups is 1. The van der Waals surface area contributed by atoms with Crippen molar-refractivity contribution in [2.45, 2.75) is 0 Å². The van der Waals surface area contributed by atoms with Crippen LogP contribution in [0.1, 0.15) is 10.4 Å². The van der Waals surface area contributed by atoms with Gasteiger partial charge in [-0.15, -0.1) is 0 Å². The van der Waals surface area contributed by atoms with Crippen molar-refractivity contribution in [3.63, 3.8) is 0 Å². The van der Waals surface area contributed by atoms with Crippen LogP contribution in [0.5, 0.6) is 0 Å². The fourth-order valence-electron chi connectivity index (χ4n) is 1.45. The second-order valence-electron chi connectivity index (χ2n) is 3.44. The largest absolute Gasteiger partial charge is 0.478 e. The molecule has 0 saturated heterocycles. The first-order chi connectivity index (χ1) is 8.50. The minimum Gasteiger partial charge on any atom is -0.478 e. The molecule has 0 spiro atoms. The summed E-state index contributed by atoms with van der Waals surface area (Å²) in [5, 5.41) is 8.49. The zero-order valence-corrected chi connectivity index (χ0v) is 9.58. The SMILES string of the molecule is O=C(O)c1ccc(-c2cccc(F)c2F)nc1Cl. The topological polar surface area (TPSA) is 50.2 Å². The second-order valence-corrected chi connectivity index (χ2v) is 3.80. The van der Waals surface area contributed by atoms with Gasteiger partial charge in [0, 0.05) is 5.56 Å². The van der Waals surface area contributed by atoms with Gasteiger partial charge in [-0.1, -0.05) is 17.7 Å². The molecule has 3 nitrogen and oxygen atoms in total. The molecule has 1 heterocycles. The van der Waals surface area contributed by atoms with Crippen molar-refractivity contribution >= 4 is 17.6 Å². The van der Waals surface area contributed by atoms with Crippen LogP contribution >= 0.6 is 11.6 Å². The fourth-order valence-corrected chi connectivity index (χ4v) is 1.68. The third-order valence-corrected chi connectivity index (χ3v) is 2.59. The first-order valence-electron chi connectivity index (χ1n) is 4.85. The molecule has 0 saturated carbocycles. The van der Waals surface area contributed by atoms with Gasteiger partial charge in [0.2, 0.25) is 0 Å². The maximum atomic E-state index is 13.5. The van der Waals surface area contributed by atoms with Crippen LogP contribution in [0.25, 0.3) is 11.3 Å². The van der Waals surface area contributed by atoms with Crippen LogP contribution in [-0.4, -0.2) is 16.1 Å². The van der Waals surface area contributed by atoms with E-state index < -0.39 is 17.6 Å². The van der Waals surface area contributed by atoms with E-state index in [1.165, 1.54) is 24.3 Å². The van der Waals surface area contributed by atoms with E-state index in [4.69, 9.17) is 16.7 Å². The van der Waals surface area contributed by atoms with E-state index in [9.17, 15) is 13.6 Å². The fraction of sp³-hybridized carbons (Fsp3) is 0. The normalized spacial score (nSPS) is 10.4. The number of rotatable bonds is 2. The first kappa shape index (κ1) is 12.4. The summed E-state index contributed by atoms with van der Waals surface area (Å²) >= 11 is 5.66. The van der Waals surface area contributed by atoms with Crippen LogP contribution in [0.3, 0.4) is 0 Å². The summed E-state index contributed by atoms with van der Waals surface area (Å²) in [5.41, 5.74) is -0.201. The molecule has 0 aliphatic carbocycles. The summed E-state index contributed by atoms with van der Waals surface area (Å²) in [6, 6.07) is 6.10. The van der Waals surface area contributed by atoms with E-state index in [-0.39, 0.29) is 22.0 Å². The lowest BCUT2D eigenvalue weighted by Gasteiger charge is -2.05. The third-order valence-electron chi connectivity index (χ3n) is 2.31. The number of aromatic nitrogens is 1. The maximum Gasteiger partial charge on any atom is 0.338 e. The highest BCUT2D eigenvalue weighted by molar-refractivity contribution is 6.32. The summed E-state index contributed by atoms with van der Waals surface area (Å²) in [5.74, 6) is -3.30. The van der Waals surface area contributed by atoms with Crippen molar-refractivity contribution in [2.75, 3.05) is 0 Å². The molecule has 0 atom stereocenters. The highest BCUT2D eigenvalue weighted by atomic mass is 35.5. The summed E-state index contributed by atoms with van der Waals surface area (Å²) in [6.45, 7) is 0. The molecule has 0 unspecified atom stereocenters. The van der Waals surface area contributed by atoms with E-state index in [2.05, 4.69) is 4.98 Å². The van der Waals surface area contributed by atoms with E-state index in [0.717, 1.165) is 6.07 Å². The van der Waals surface area contributed by atoms with Gasteiger partial charge in [-0.3, -0.25) is 0 Å². The van der Waals surface area contributed by atoms with Crippen LogP contribution in [0.2, 0.25) is 5.15 Å². The summed E-state index contributed by atoms with van der Waals surface area (Å²) in [7, 11) is 0. The highest BCUT2D eigenvalue weighted by Gasteiger charge is 2.14. The van der Waals surface area contributed by atoms with Crippen LogP contribution in [0.4, 0.5) is 8.78 Å². The van der Waals surface area contributed by atoms with Crippen LogP contribution in [0.15, 0.2) is 30.3 Å². The first-order valence-corrected chi connectivity index (χ1v) is 5.22. The van der Waals surface area contributed by atoms with E-state index in [1.807, 2.05) is 0 Å². The zero-order chi connectivity index (χ0) is 13.3. The van der Waals surface area contributed by atoms with Crippen molar-refractivity contribution in [3.8, 4) is 11.3 Å². The van der Waals surface area contributed by atoms with Gasteiger partial charge in [0.05, 0.1) is 11.3 Å². The Morgan fingerprint density at radius 1 is 1.22 bits per heavy atom. The van der Waals surface area contributed by atoms with Crippen molar-refractivity contribution in [1.29, 1.82) is 0 Å². The maximum absolute atomic E-state index is 13.5. The van der Waals surface area contributed by atoms with E-state index in [0.29, 0.717) is 0 Å². The average molecular weight is 270 g/mol. The number of carboxylic acid groups (broad SMARTS) is 1. The van der Waals surface area contributed by atoms with Crippen LogP contribution in [0, 0.1) is 11.6 Å². The lowest BCUT2D eigenvalue weighted by Crippen LogP contribution is -2.00. The molecule has 6 heteroatoms. The van der Waals surface area contributed by atoms with Gasteiger partial charge >= 0.3 is 5.97 Å². The number of nitrogens with zero attached hydrogens (tertiary/aromatic N) is 1. The third kappa shape index (κ3) is 2.17.